The van der Waals surface area contributed by atoms with Gasteiger partial charge in [0.1, 0.15) is 0 Å². The van der Waals surface area contributed by atoms with Gasteiger partial charge in [0.25, 0.3) is 5.91 Å². The van der Waals surface area contributed by atoms with Crippen LogP contribution in [0, 0.1) is 0 Å². The van der Waals surface area contributed by atoms with Crippen LogP contribution in [0.15, 0.2) is 60.7 Å². The van der Waals surface area contributed by atoms with Gasteiger partial charge >= 0.3 is 5.97 Å². The lowest BCUT2D eigenvalue weighted by Crippen LogP contribution is -2.25. The van der Waals surface area contributed by atoms with E-state index < -0.39 is 12.1 Å². The van der Waals surface area contributed by atoms with E-state index in [9.17, 15) is 9.59 Å². The Morgan fingerprint density at radius 3 is 2.05 bits per heavy atom. The Balaban J connectivity index is 2.18. The highest BCUT2D eigenvalue weighted by molar-refractivity contribution is 5.95. The molecule has 1 atom stereocenters. The zero-order valence-electron chi connectivity index (χ0n) is 11.1. The molecule has 1 amide bonds. The summed E-state index contributed by atoms with van der Waals surface area (Å²) in [4.78, 5) is 23.4. The van der Waals surface area contributed by atoms with Gasteiger partial charge < -0.3 is 10.1 Å². The number of amides is 1. The second-order valence-electron chi connectivity index (χ2n) is 4.26. The number of nitrogens with one attached hydrogen (secondary N) is 1. The fraction of sp³-hybridized carbons (Fsp3) is 0.125. The van der Waals surface area contributed by atoms with Gasteiger partial charge in [-0.1, -0.05) is 48.5 Å². The maximum Gasteiger partial charge on any atom is 0.303 e. The minimum atomic E-state index is -0.950. The Morgan fingerprint density at radius 1 is 0.950 bits per heavy atom. The molecule has 2 aromatic rings. The third-order valence-corrected chi connectivity index (χ3v) is 2.67. The molecule has 1 N–H and O–H groups in total. The van der Waals surface area contributed by atoms with E-state index in [1.807, 2.05) is 24.3 Å². The van der Waals surface area contributed by atoms with Crippen LogP contribution in [0.1, 0.15) is 18.6 Å². The van der Waals surface area contributed by atoms with Gasteiger partial charge in [0.15, 0.2) is 0 Å². The molecular formula is C16H15NO3. The van der Waals surface area contributed by atoms with Crippen LogP contribution in [0.25, 0.3) is 0 Å². The molecule has 0 saturated heterocycles. The van der Waals surface area contributed by atoms with E-state index in [1.165, 1.54) is 6.92 Å². The maximum atomic E-state index is 12.3. The van der Waals surface area contributed by atoms with Crippen LogP contribution in [0.5, 0.6) is 0 Å². The standard InChI is InChI=1S/C16H15NO3/c1-12(18)20-15(13-8-4-2-5-9-13)16(19)17-14-10-6-3-7-11-14/h2-11,15H,1H3,(H,17,19)/t15-/m1/s1. The first-order valence-corrected chi connectivity index (χ1v) is 6.25. The first-order chi connectivity index (χ1) is 9.66. The van der Waals surface area contributed by atoms with Crippen molar-refractivity contribution in [3.8, 4) is 0 Å². The lowest BCUT2D eigenvalue weighted by Gasteiger charge is -2.17. The van der Waals surface area contributed by atoms with Crippen LogP contribution in [0.2, 0.25) is 0 Å². The molecule has 0 radical (unpaired) electrons. The number of para-hydroxylation sites is 1. The third kappa shape index (κ3) is 3.68. The van der Waals surface area contributed by atoms with Crippen molar-refractivity contribution >= 4 is 17.6 Å². The molecule has 0 fully saturated rings. The van der Waals surface area contributed by atoms with Gasteiger partial charge in [-0.05, 0) is 12.1 Å². The molecule has 0 aliphatic heterocycles. The zero-order chi connectivity index (χ0) is 14.4. The minimum absolute atomic E-state index is 0.377. The molecule has 20 heavy (non-hydrogen) atoms. The van der Waals surface area contributed by atoms with E-state index in [0.717, 1.165) is 0 Å². The summed E-state index contributed by atoms with van der Waals surface area (Å²) >= 11 is 0. The second kappa shape index (κ2) is 6.52. The summed E-state index contributed by atoms with van der Waals surface area (Å²) in [6.07, 6.45) is -0.950. The number of carbonyl (C=O) groups excluding carboxylic acids is 2. The Hall–Kier alpha value is -2.62. The average molecular weight is 269 g/mol. The van der Waals surface area contributed by atoms with E-state index in [-0.39, 0.29) is 5.91 Å². The molecule has 4 heteroatoms. The number of carbonyl (C=O) groups is 2. The number of esters is 1. The van der Waals surface area contributed by atoms with Crippen LogP contribution < -0.4 is 5.32 Å². The van der Waals surface area contributed by atoms with E-state index in [1.54, 1.807) is 36.4 Å². The molecule has 2 rings (SSSR count). The van der Waals surface area contributed by atoms with Gasteiger partial charge in [-0.2, -0.15) is 0 Å². The Labute approximate surface area is 117 Å². The van der Waals surface area contributed by atoms with Gasteiger partial charge in [0.2, 0.25) is 6.10 Å². The Kier molecular flexibility index (Phi) is 4.50. The first-order valence-electron chi connectivity index (χ1n) is 6.25. The summed E-state index contributed by atoms with van der Waals surface area (Å²) in [6, 6.07) is 18.0. The largest absolute Gasteiger partial charge is 0.447 e. The number of hydrogen-bond donors (Lipinski definition) is 1. The fourth-order valence-corrected chi connectivity index (χ4v) is 1.80. The van der Waals surface area contributed by atoms with Gasteiger partial charge in [-0.15, -0.1) is 0 Å². The van der Waals surface area contributed by atoms with Gasteiger partial charge in [-0.3, -0.25) is 9.59 Å². The molecule has 0 heterocycles. The normalized spacial score (nSPS) is 11.4. The van der Waals surface area contributed by atoms with Crippen LogP contribution in [-0.4, -0.2) is 11.9 Å². The number of ether oxygens (including phenoxy) is 1. The number of rotatable bonds is 4. The van der Waals surface area contributed by atoms with Crippen LogP contribution in [0.4, 0.5) is 5.69 Å². The van der Waals surface area contributed by atoms with Crippen LogP contribution in [0.3, 0.4) is 0 Å². The quantitative estimate of drug-likeness (QED) is 0.868. The zero-order valence-corrected chi connectivity index (χ0v) is 11.1. The smallest absolute Gasteiger partial charge is 0.303 e. The van der Waals surface area contributed by atoms with Crippen LogP contribution in [-0.2, 0) is 14.3 Å². The van der Waals surface area contributed by atoms with E-state index >= 15 is 0 Å². The molecule has 0 unspecified atom stereocenters. The third-order valence-electron chi connectivity index (χ3n) is 2.67. The first kappa shape index (κ1) is 13.8. The van der Waals surface area contributed by atoms with Crippen molar-refractivity contribution in [2.75, 3.05) is 5.32 Å². The minimum Gasteiger partial charge on any atom is -0.447 e. The van der Waals surface area contributed by atoms with Crippen molar-refractivity contribution in [2.24, 2.45) is 0 Å². The summed E-state index contributed by atoms with van der Waals surface area (Å²) in [5.41, 5.74) is 1.29. The van der Waals surface area contributed by atoms with E-state index in [2.05, 4.69) is 5.32 Å². The Morgan fingerprint density at radius 2 is 1.50 bits per heavy atom. The highest BCUT2D eigenvalue weighted by atomic mass is 16.5. The second-order valence-corrected chi connectivity index (χ2v) is 4.26. The van der Waals surface area contributed by atoms with E-state index in [4.69, 9.17) is 4.74 Å². The summed E-state index contributed by atoms with van der Waals surface area (Å²) < 4.78 is 5.12. The lowest BCUT2D eigenvalue weighted by molar-refractivity contribution is -0.152. The average Bonchev–Trinajstić information content (AvgIpc) is 2.46. The van der Waals surface area contributed by atoms with E-state index in [0.29, 0.717) is 11.3 Å². The SMILES string of the molecule is CC(=O)O[C@@H](C(=O)Nc1ccccc1)c1ccccc1. The summed E-state index contributed by atoms with van der Waals surface area (Å²) in [6.45, 7) is 1.28. The molecule has 2 aromatic carbocycles. The molecule has 0 aliphatic carbocycles. The Bertz CT molecular complexity index is 581. The summed E-state index contributed by atoms with van der Waals surface area (Å²) in [5, 5.41) is 2.73. The van der Waals surface area contributed by atoms with Crippen molar-refractivity contribution in [1.82, 2.24) is 0 Å². The van der Waals surface area contributed by atoms with Crippen LogP contribution >= 0.6 is 0 Å². The van der Waals surface area contributed by atoms with Crippen molar-refractivity contribution in [3.05, 3.63) is 66.2 Å². The molecular weight excluding hydrogens is 254 g/mol. The molecule has 0 bridgehead atoms. The molecule has 0 aliphatic rings. The lowest BCUT2D eigenvalue weighted by atomic mass is 10.1. The topological polar surface area (TPSA) is 55.4 Å². The molecule has 0 aromatic heterocycles. The fourth-order valence-electron chi connectivity index (χ4n) is 1.80. The van der Waals surface area contributed by atoms with Crippen molar-refractivity contribution in [2.45, 2.75) is 13.0 Å². The predicted molar refractivity (Wildman–Crippen MR) is 76.0 cm³/mol. The summed E-state index contributed by atoms with van der Waals surface area (Å²) in [5.74, 6) is -0.875. The molecule has 0 saturated carbocycles. The van der Waals surface area contributed by atoms with Gasteiger partial charge in [-0.25, -0.2) is 0 Å². The number of benzene rings is 2. The highest BCUT2D eigenvalue weighted by Crippen LogP contribution is 2.20. The number of hydrogen-bond acceptors (Lipinski definition) is 3. The molecule has 102 valence electrons. The van der Waals surface area contributed by atoms with Gasteiger partial charge in [0.05, 0.1) is 0 Å². The number of anilines is 1. The van der Waals surface area contributed by atoms with Gasteiger partial charge in [0, 0.05) is 18.2 Å². The maximum absolute atomic E-state index is 12.3. The highest BCUT2D eigenvalue weighted by Gasteiger charge is 2.23. The predicted octanol–water partition coefficient (Wildman–Crippen LogP) is 2.93. The molecule has 0 spiro atoms. The molecule has 4 nitrogen and oxygen atoms in total. The van der Waals surface area contributed by atoms with Crippen molar-refractivity contribution in [3.63, 3.8) is 0 Å². The van der Waals surface area contributed by atoms with Crippen molar-refractivity contribution in [1.29, 1.82) is 0 Å². The summed E-state index contributed by atoms with van der Waals surface area (Å²) in [7, 11) is 0. The monoisotopic (exact) mass is 269 g/mol. The van der Waals surface area contributed by atoms with Crippen molar-refractivity contribution < 1.29 is 14.3 Å².